The van der Waals surface area contributed by atoms with Crippen LogP contribution in [0, 0.1) is 11.3 Å². The van der Waals surface area contributed by atoms with Gasteiger partial charge >= 0.3 is 0 Å². The van der Waals surface area contributed by atoms with E-state index in [0.29, 0.717) is 12.0 Å². The highest BCUT2D eigenvalue weighted by Crippen LogP contribution is 2.58. The summed E-state index contributed by atoms with van der Waals surface area (Å²) in [4.78, 5) is 14.8. The number of hydrogen-bond donors (Lipinski definition) is 2. The van der Waals surface area contributed by atoms with E-state index in [1.165, 1.54) is 11.1 Å². The third kappa shape index (κ3) is 3.65. The van der Waals surface area contributed by atoms with Crippen LogP contribution in [0.4, 0.5) is 0 Å². The largest absolute Gasteiger partial charge is 0.354 e. The normalized spacial score (nSPS) is 23.2. The number of benzene rings is 1. The number of nitrogens with one attached hydrogen (secondary N) is 2. The summed E-state index contributed by atoms with van der Waals surface area (Å²) in [5.41, 5.74) is 2.93. The number of aryl methyl sites for hydroxylation is 1. The summed E-state index contributed by atoms with van der Waals surface area (Å²) in [6.07, 6.45) is 4.45. The Morgan fingerprint density at radius 2 is 1.96 bits per heavy atom. The fourth-order valence-corrected chi connectivity index (χ4v) is 4.09. The molecule has 3 rings (SSSR count). The van der Waals surface area contributed by atoms with Crippen molar-refractivity contribution in [1.29, 1.82) is 0 Å². The summed E-state index contributed by atoms with van der Waals surface area (Å²) in [5.74, 6) is 0.499. The van der Waals surface area contributed by atoms with Crippen LogP contribution in [0.1, 0.15) is 43.4 Å². The Morgan fingerprint density at radius 3 is 2.54 bits per heavy atom. The van der Waals surface area contributed by atoms with Crippen LogP contribution >= 0.6 is 0 Å². The molecule has 0 aromatic heterocycles. The van der Waals surface area contributed by atoms with Gasteiger partial charge < -0.3 is 15.5 Å². The van der Waals surface area contributed by atoms with Gasteiger partial charge in [-0.25, -0.2) is 0 Å². The Hall–Kier alpha value is -1.39. The van der Waals surface area contributed by atoms with Crippen molar-refractivity contribution in [3.8, 4) is 0 Å². The van der Waals surface area contributed by atoms with Crippen molar-refractivity contribution in [3.05, 3.63) is 35.4 Å². The molecule has 2 unspecified atom stereocenters. The molecule has 1 saturated carbocycles. The Morgan fingerprint density at radius 1 is 1.29 bits per heavy atom. The van der Waals surface area contributed by atoms with Gasteiger partial charge in [0.05, 0.1) is 6.04 Å². The first-order valence-electron chi connectivity index (χ1n) is 9.29. The van der Waals surface area contributed by atoms with Crippen LogP contribution < -0.4 is 10.6 Å². The molecular weight excluding hydrogens is 298 g/mol. The zero-order valence-electron chi connectivity index (χ0n) is 15.3. The van der Waals surface area contributed by atoms with E-state index in [0.717, 1.165) is 38.8 Å². The number of rotatable bonds is 6. The van der Waals surface area contributed by atoms with Crippen LogP contribution in [-0.2, 0) is 11.2 Å². The third-order valence-corrected chi connectivity index (χ3v) is 5.97. The zero-order chi connectivity index (χ0) is 17.2. The van der Waals surface area contributed by atoms with E-state index in [2.05, 4.69) is 60.8 Å². The maximum absolute atomic E-state index is 12.6. The molecule has 1 aliphatic heterocycles. The molecule has 1 amide bonds. The highest BCUT2D eigenvalue weighted by Gasteiger charge is 2.57. The number of carbonyl (C=O) groups is 1. The monoisotopic (exact) mass is 329 g/mol. The van der Waals surface area contributed by atoms with Crippen molar-refractivity contribution < 1.29 is 4.79 Å². The molecule has 132 valence electrons. The van der Waals surface area contributed by atoms with Gasteiger partial charge in [-0.1, -0.05) is 31.2 Å². The average Bonchev–Trinajstić information content (AvgIpc) is 3.29. The molecule has 4 heteroatoms. The average molecular weight is 329 g/mol. The molecule has 4 nitrogen and oxygen atoms in total. The standard InChI is InChI=1S/C20H31N3O/c1-4-15-5-7-16(8-6-15)18(23(2)3)14-22-19(24)17-13-20(17)9-11-21-12-10-20/h5-8,17-18,21H,4,9-14H2,1-3H3,(H,22,24). The molecule has 2 atom stereocenters. The summed E-state index contributed by atoms with van der Waals surface area (Å²) >= 11 is 0. The zero-order valence-corrected chi connectivity index (χ0v) is 15.3. The van der Waals surface area contributed by atoms with Crippen molar-refractivity contribution in [1.82, 2.24) is 15.5 Å². The van der Waals surface area contributed by atoms with Crippen molar-refractivity contribution in [2.45, 2.75) is 38.6 Å². The van der Waals surface area contributed by atoms with Crippen LogP contribution in [0.5, 0.6) is 0 Å². The number of hydrogen-bond acceptors (Lipinski definition) is 3. The third-order valence-electron chi connectivity index (χ3n) is 5.97. The maximum atomic E-state index is 12.6. The first-order chi connectivity index (χ1) is 11.6. The Balaban J connectivity index is 1.57. The van der Waals surface area contributed by atoms with Crippen LogP contribution in [0.2, 0.25) is 0 Å². The summed E-state index contributed by atoms with van der Waals surface area (Å²) in [5, 5.41) is 6.62. The smallest absolute Gasteiger partial charge is 0.223 e. The molecule has 1 aromatic rings. The molecule has 0 radical (unpaired) electrons. The maximum Gasteiger partial charge on any atom is 0.223 e. The Bertz CT molecular complexity index is 561. The number of amides is 1. The van der Waals surface area contributed by atoms with E-state index >= 15 is 0 Å². The number of nitrogens with zero attached hydrogens (tertiary/aromatic N) is 1. The summed E-state index contributed by atoms with van der Waals surface area (Å²) in [6.45, 7) is 4.98. The molecule has 2 N–H and O–H groups in total. The lowest BCUT2D eigenvalue weighted by Gasteiger charge is -2.26. The van der Waals surface area contributed by atoms with Crippen molar-refractivity contribution in [2.24, 2.45) is 11.3 Å². The summed E-state index contributed by atoms with van der Waals surface area (Å²) in [7, 11) is 4.16. The number of piperidine rings is 1. The lowest BCUT2D eigenvalue weighted by atomic mass is 9.91. The van der Waals surface area contributed by atoms with Gasteiger partial charge in [0.25, 0.3) is 0 Å². The minimum absolute atomic E-state index is 0.225. The van der Waals surface area contributed by atoms with Gasteiger partial charge in [0.2, 0.25) is 5.91 Å². The second-order valence-corrected chi connectivity index (χ2v) is 7.69. The predicted octanol–water partition coefficient (Wildman–Crippen LogP) is 2.36. The highest BCUT2D eigenvalue weighted by atomic mass is 16.2. The first kappa shape index (κ1) is 17.4. The molecule has 1 aliphatic carbocycles. The van der Waals surface area contributed by atoms with Gasteiger partial charge in [-0.05, 0) is 69.4 Å². The van der Waals surface area contributed by atoms with Gasteiger partial charge in [0, 0.05) is 12.5 Å². The Kier molecular flexibility index (Phi) is 5.26. The van der Waals surface area contributed by atoms with Crippen molar-refractivity contribution in [3.63, 3.8) is 0 Å². The lowest BCUT2D eigenvalue weighted by Crippen LogP contribution is -2.37. The Labute approximate surface area is 146 Å². The molecule has 1 aromatic carbocycles. The van der Waals surface area contributed by atoms with E-state index < -0.39 is 0 Å². The summed E-state index contributed by atoms with van der Waals surface area (Å²) < 4.78 is 0. The SMILES string of the molecule is CCc1ccc(C(CNC(=O)C2CC23CCNCC3)N(C)C)cc1. The van der Waals surface area contributed by atoms with Crippen molar-refractivity contribution in [2.75, 3.05) is 33.7 Å². The topological polar surface area (TPSA) is 44.4 Å². The fraction of sp³-hybridized carbons (Fsp3) is 0.650. The minimum atomic E-state index is 0.225. The quantitative estimate of drug-likeness (QED) is 0.842. The van der Waals surface area contributed by atoms with E-state index in [4.69, 9.17) is 0 Å². The van der Waals surface area contributed by atoms with Crippen LogP contribution in [-0.4, -0.2) is 44.5 Å². The van der Waals surface area contributed by atoms with E-state index in [-0.39, 0.29) is 17.9 Å². The molecule has 1 spiro atoms. The molecule has 0 bridgehead atoms. The number of likely N-dealkylation sites (N-methyl/N-ethyl adjacent to an activating group) is 1. The van der Waals surface area contributed by atoms with E-state index in [1.807, 2.05) is 0 Å². The van der Waals surface area contributed by atoms with E-state index in [9.17, 15) is 4.79 Å². The van der Waals surface area contributed by atoms with Gasteiger partial charge in [-0.3, -0.25) is 4.79 Å². The number of carbonyl (C=O) groups excluding carboxylic acids is 1. The first-order valence-corrected chi connectivity index (χ1v) is 9.29. The van der Waals surface area contributed by atoms with Gasteiger partial charge in [-0.2, -0.15) is 0 Å². The molecular formula is C20H31N3O. The highest BCUT2D eigenvalue weighted by molar-refractivity contribution is 5.82. The lowest BCUT2D eigenvalue weighted by molar-refractivity contribution is -0.123. The molecule has 1 saturated heterocycles. The fourth-order valence-electron chi connectivity index (χ4n) is 4.09. The second kappa shape index (κ2) is 7.24. The van der Waals surface area contributed by atoms with Gasteiger partial charge in [0.15, 0.2) is 0 Å². The minimum Gasteiger partial charge on any atom is -0.354 e. The van der Waals surface area contributed by atoms with Crippen molar-refractivity contribution >= 4 is 5.91 Å². The molecule has 2 fully saturated rings. The van der Waals surface area contributed by atoms with E-state index in [1.54, 1.807) is 0 Å². The molecule has 2 aliphatic rings. The van der Waals surface area contributed by atoms with Gasteiger partial charge in [-0.15, -0.1) is 0 Å². The molecule has 1 heterocycles. The molecule has 24 heavy (non-hydrogen) atoms. The summed E-state index contributed by atoms with van der Waals surface area (Å²) in [6, 6.07) is 9.00. The van der Waals surface area contributed by atoms with Gasteiger partial charge in [0.1, 0.15) is 0 Å². The predicted molar refractivity (Wildman–Crippen MR) is 97.9 cm³/mol. The second-order valence-electron chi connectivity index (χ2n) is 7.69. The van der Waals surface area contributed by atoms with Crippen LogP contribution in [0.15, 0.2) is 24.3 Å². The van der Waals surface area contributed by atoms with Crippen LogP contribution in [0.25, 0.3) is 0 Å². The van der Waals surface area contributed by atoms with Crippen LogP contribution in [0.3, 0.4) is 0 Å².